The molecule has 0 spiro atoms. The van der Waals surface area contributed by atoms with E-state index in [2.05, 4.69) is 31.2 Å². The second kappa shape index (κ2) is 4.13. The molecule has 1 aliphatic rings. The number of anilines is 1. The monoisotopic (exact) mass is 257 g/mol. The molecule has 1 heterocycles. The van der Waals surface area contributed by atoms with Crippen LogP contribution >= 0.6 is 15.9 Å². The third-order valence-corrected chi connectivity index (χ3v) is 3.23. The summed E-state index contributed by atoms with van der Waals surface area (Å²) in [7, 11) is 0. The molecule has 1 aromatic heterocycles. The van der Waals surface area contributed by atoms with E-state index in [1.165, 1.54) is 32.0 Å². The summed E-state index contributed by atoms with van der Waals surface area (Å²) < 4.78 is 0.493. The highest BCUT2D eigenvalue weighted by Gasteiger charge is 2.16. The molecule has 4 nitrogen and oxygen atoms in total. The van der Waals surface area contributed by atoms with Crippen LogP contribution in [0.4, 0.5) is 5.82 Å². The van der Waals surface area contributed by atoms with Crippen molar-refractivity contribution in [1.82, 2.24) is 9.97 Å². The van der Waals surface area contributed by atoms with E-state index < -0.39 is 0 Å². The van der Waals surface area contributed by atoms with E-state index >= 15 is 0 Å². The molecule has 0 amide bonds. The molecule has 0 aliphatic heterocycles. The number of hydrogen-bond donors (Lipinski definition) is 2. The van der Waals surface area contributed by atoms with E-state index in [9.17, 15) is 4.79 Å². The smallest absolute Gasteiger partial charge is 0.267 e. The van der Waals surface area contributed by atoms with Crippen molar-refractivity contribution in [2.75, 3.05) is 5.32 Å². The van der Waals surface area contributed by atoms with Crippen LogP contribution in [0, 0.1) is 0 Å². The van der Waals surface area contributed by atoms with Gasteiger partial charge < -0.3 is 10.3 Å². The van der Waals surface area contributed by atoms with Gasteiger partial charge in [0, 0.05) is 6.04 Å². The largest absolute Gasteiger partial charge is 0.366 e. The van der Waals surface area contributed by atoms with E-state index in [1.54, 1.807) is 0 Å². The summed E-state index contributed by atoms with van der Waals surface area (Å²) in [6.07, 6.45) is 6.28. The normalized spacial score (nSPS) is 17.2. The van der Waals surface area contributed by atoms with Gasteiger partial charge in [0.25, 0.3) is 5.56 Å². The molecule has 5 heteroatoms. The Morgan fingerprint density at radius 3 is 2.93 bits per heavy atom. The van der Waals surface area contributed by atoms with Gasteiger partial charge in [-0.3, -0.25) is 4.79 Å². The Balaban J connectivity index is 2.15. The summed E-state index contributed by atoms with van der Waals surface area (Å²) in [5.74, 6) is 0.653. The lowest BCUT2D eigenvalue weighted by atomic mass is 10.2. The van der Waals surface area contributed by atoms with E-state index in [0.29, 0.717) is 16.3 Å². The average molecular weight is 258 g/mol. The van der Waals surface area contributed by atoms with Crippen LogP contribution in [-0.2, 0) is 0 Å². The van der Waals surface area contributed by atoms with Gasteiger partial charge >= 0.3 is 0 Å². The van der Waals surface area contributed by atoms with Crippen LogP contribution in [0.2, 0.25) is 0 Å². The van der Waals surface area contributed by atoms with Crippen molar-refractivity contribution in [2.45, 2.75) is 31.7 Å². The number of aromatic nitrogens is 2. The highest BCUT2D eigenvalue weighted by Crippen LogP contribution is 2.23. The fourth-order valence-electron chi connectivity index (χ4n) is 1.75. The number of H-pyrrole nitrogens is 1. The minimum atomic E-state index is -0.138. The molecule has 0 saturated heterocycles. The molecule has 1 aromatic rings. The number of rotatable bonds is 2. The Morgan fingerprint density at radius 2 is 2.21 bits per heavy atom. The highest BCUT2D eigenvalue weighted by atomic mass is 79.9. The Labute approximate surface area is 90.3 Å². The maximum absolute atomic E-state index is 11.2. The number of aromatic amines is 1. The lowest BCUT2D eigenvalue weighted by Crippen LogP contribution is -2.19. The first-order valence-electron chi connectivity index (χ1n) is 4.77. The third-order valence-electron chi connectivity index (χ3n) is 2.49. The van der Waals surface area contributed by atoms with Crippen molar-refractivity contribution < 1.29 is 0 Å². The van der Waals surface area contributed by atoms with E-state index in [0.717, 1.165) is 0 Å². The molecule has 0 aromatic carbocycles. The SMILES string of the molecule is O=c1[nH]cnc(NC2CCCC2)c1Br. The highest BCUT2D eigenvalue weighted by molar-refractivity contribution is 9.10. The van der Waals surface area contributed by atoms with E-state index in [1.807, 2.05) is 0 Å². The van der Waals surface area contributed by atoms with Gasteiger partial charge in [-0.25, -0.2) is 4.98 Å². The molecule has 1 aliphatic carbocycles. The summed E-state index contributed by atoms with van der Waals surface area (Å²) in [5.41, 5.74) is -0.138. The fraction of sp³-hybridized carbons (Fsp3) is 0.556. The van der Waals surface area contributed by atoms with Gasteiger partial charge in [-0.1, -0.05) is 12.8 Å². The molecule has 14 heavy (non-hydrogen) atoms. The summed E-state index contributed by atoms with van der Waals surface area (Å²) in [5, 5.41) is 3.27. The van der Waals surface area contributed by atoms with Crippen LogP contribution in [0.1, 0.15) is 25.7 Å². The van der Waals surface area contributed by atoms with Crippen LogP contribution < -0.4 is 10.9 Å². The first-order valence-corrected chi connectivity index (χ1v) is 5.56. The molecule has 0 bridgehead atoms. The van der Waals surface area contributed by atoms with Crippen molar-refractivity contribution in [3.05, 3.63) is 21.2 Å². The van der Waals surface area contributed by atoms with Gasteiger partial charge in [-0.05, 0) is 28.8 Å². The van der Waals surface area contributed by atoms with E-state index in [4.69, 9.17) is 0 Å². The number of halogens is 1. The second-order valence-electron chi connectivity index (χ2n) is 3.52. The minimum absolute atomic E-state index is 0.138. The van der Waals surface area contributed by atoms with Crippen molar-refractivity contribution in [1.29, 1.82) is 0 Å². The van der Waals surface area contributed by atoms with Crippen LogP contribution in [-0.4, -0.2) is 16.0 Å². The lowest BCUT2D eigenvalue weighted by Gasteiger charge is -2.12. The first kappa shape index (κ1) is 9.71. The summed E-state index contributed by atoms with van der Waals surface area (Å²) in [6.45, 7) is 0. The van der Waals surface area contributed by atoms with E-state index in [-0.39, 0.29) is 5.56 Å². The predicted octanol–water partition coefficient (Wildman–Crippen LogP) is 1.89. The molecule has 1 fully saturated rings. The summed E-state index contributed by atoms with van der Waals surface area (Å²) in [6, 6.07) is 0.473. The van der Waals surface area contributed by atoms with Gasteiger partial charge in [0.1, 0.15) is 10.3 Å². The standard InChI is InChI=1S/C9H12BrN3O/c10-7-8(11-5-12-9(7)14)13-6-3-1-2-4-6/h5-6H,1-4H2,(H2,11,12,13,14). The average Bonchev–Trinajstić information content (AvgIpc) is 2.66. The summed E-state index contributed by atoms with van der Waals surface area (Å²) >= 11 is 3.22. The molecular weight excluding hydrogens is 246 g/mol. The molecule has 0 unspecified atom stereocenters. The predicted molar refractivity (Wildman–Crippen MR) is 58.4 cm³/mol. The van der Waals surface area contributed by atoms with Gasteiger partial charge in [0.2, 0.25) is 0 Å². The second-order valence-corrected chi connectivity index (χ2v) is 4.31. The third kappa shape index (κ3) is 1.97. The van der Waals surface area contributed by atoms with Gasteiger partial charge in [0.15, 0.2) is 0 Å². The van der Waals surface area contributed by atoms with Crippen LogP contribution in [0.15, 0.2) is 15.6 Å². The topological polar surface area (TPSA) is 57.8 Å². The quantitative estimate of drug-likeness (QED) is 0.851. The van der Waals surface area contributed by atoms with Gasteiger partial charge in [-0.2, -0.15) is 0 Å². The Morgan fingerprint density at radius 1 is 1.50 bits per heavy atom. The Bertz CT molecular complexity index is 371. The molecule has 2 N–H and O–H groups in total. The molecule has 0 atom stereocenters. The lowest BCUT2D eigenvalue weighted by molar-refractivity contribution is 0.748. The zero-order valence-corrected chi connectivity index (χ0v) is 9.30. The van der Waals surface area contributed by atoms with Crippen molar-refractivity contribution in [3.8, 4) is 0 Å². The molecule has 0 radical (unpaired) electrons. The molecular formula is C9H12BrN3O. The molecule has 76 valence electrons. The number of nitrogens with zero attached hydrogens (tertiary/aromatic N) is 1. The van der Waals surface area contributed by atoms with Crippen molar-refractivity contribution in [3.63, 3.8) is 0 Å². The fourth-order valence-corrected chi connectivity index (χ4v) is 2.08. The number of hydrogen-bond acceptors (Lipinski definition) is 3. The minimum Gasteiger partial charge on any atom is -0.366 e. The van der Waals surface area contributed by atoms with Gasteiger partial charge in [0.05, 0.1) is 6.33 Å². The zero-order chi connectivity index (χ0) is 9.97. The maximum atomic E-state index is 11.2. The Kier molecular flexibility index (Phi) is 2.86. The van der Waals surface area contributed by atoms with Crippen LogP contribution in [0.3, 0.4) is 0 Å². The van der Waals surface area contributed by atoms with Crippen LogP contribution in [0.5, 0.6) is 0 Å². The molecule has 2 rings (SSSR count). The number of nitrogens with one attached hydrogen (secondary N) is 2. The first-order chi connectivity index (χ1) is 6.77. The van der Waals surface area contributed by atoms with Crippen LogP contribution in [0.25, 0.3) is 0 Å². The van der Waals surface area contributed by atoms with Crippen molar-refractivity contribution in [2.24, 2.45) is 0 Å². The van der Waals surface area contributed by atoms with Crippen molar-refractivity contribution >= 4 is 21.7 Å². The molecule has 1 saturated carbocycles. The van der Waals surface area contributed by atoms with Gasteiger partial charge in [-0.15, -0.1) is 0 Å². The maximum Gasteiger partial charge on any atom is 0.267 e. The summed E-state index contributed by atoms with van der Waals surface area (Å²) in [4.78, 5) is 17.8. The zero-order valence-electron chi connectivity index (χ0n) is 7.72. The Hall–Kier alpha value is -0.840.